The van der Waals surface area contributed by atoms with Gasteiger partial charge in [0, 0.05) is 6.54 Å². The van der Waals surface area contributed by atoms with Crippen LogP contribution in [0.1, 0.15) is 60.3 Å². The molecule has 1 unspecified atom stereocenters. The smallest absolute Gasteiger partial charge is 0.00175 e. The Labute approximate surface area is 121 Å². The Morgan fingerprint density at radius 3 is 1.72 bits per heavy atom. The minimum Gasteiger partial charge on any atom is -0.303 e. The third-order valence-electron chi connectivity index (χ3n) is 3.52. The van der Waals surface area contributed by atoms with Crippen molar-refractivity contribution in [2.24, 2.45) is 17.8 Å². The lowest BCUT2D eigenvalue weighted by atomic mass is 10.0. The van der Waals surface area contributed by atoms with Crippen molar-refractivity contribution < 1.29 is 0 Å². The highest BCUT2D eigenvalue weighted by Crippen LogP contribution is 2.13. The second kappa shape index (κ2) is 11.2. The SMILES string of the molecule is CCCC(CS)CN(CCC(C)C)CCC(C)C. The minimum absolute atomic E-state index is 0.776. The van der Waals surface area contributed by atoms with E-state index in [1.807, 2.05) is 0 Å². The molecule has 110 valence electrons. The van der Waals surface area contributed by atoms with E-state index in [9.17, 15) is 0 Å². The van der Waals surface area contributed by atoms with Crippen molar-refractivity contribution in [2.75, 3.05) is 25.4 Å². The van der Waals surface area contributed by atoms with E-state index in [0.29, 0.717) is 0 Å². The lowest BCUT2D eigenvalue weighted by Gasteiger charge is -2.28. The largest absolute Gasteiger partial charge is 0.303 e. The van der Waals surface area contributed by atoms with E-state index in [0.717, 1.165) is 23.5 Å². The second-order valence-electron chi connectivity index (χ2n) is 6.50. The predicted molar refractivity (Wildman–Crippen MR) is 87.6 cm³/mol. The Morgan fingerprint density at radius 2 is 1.39 bits per heavy atom. The van der Waals surface area contributed by atoms with Crippen LogP contribution in [0.3, 0.4) is 0 Å². The van der Waals surface area contributed by atoms with Crippen molar-refractivity contribution >= 4 is 12.6 Å². The predicted octanol–water partition coefficient (Wildman–Crippen LogP) is 4.73. The van der Waals surface area contributed by atoms with Crippen molar-refractivity contribution in [1.82, 2.24) is 4.90 Å². The van der Waals surface area contributed by atoms with Gasteiger partial charge in [-0.3, -0.25) is 0 Å². The standard InChI is InChI=1S/C16H35NS/c1-6-7-16(13-18)12-17(10-8-14(2)3)11-9-15(4)5/h14-16,18H,6-13H2,1-5H3. The van der Waals surface area contributed by atoms with E-state index in [-0.39, 0.29) is 0 Å². The number of hydrogen-bond donors (Lipinski definition) is 1. The molecule has 0 N–H and O–H groups in total. The van der Waals surface area contributed by atoms with Crippen LogP contribution in [0.4, 0.5) is 0 Å². The molecule has 0 aliphatic carbocycles. The van der Waals surface area contributed by atoms with Gasteiger partial charge in [-0.2, -0.15) is 12.6 Å². The van der Waals surface area contributed by atoms with E-state index in [2.05, 4.69) is 52.1 Å². The molecule has 0 amide bonds. The normalized spacial score (nSPS) is 13.8. The highest BCUT2D eigenvalue weighted by Gasteiger charge is 2.13. The summed E-state index contributed by atoms with van der Waals surface area (Å²) in [7, 11) is 0. The van der Waals surface area contributed by atoms with E-state index in [1.54, 1.807) is 0 Å². The van der Waals surface area contributed by atoms with Gasteiger partial charge in [-0.25, -0.2) is 0 Å². The summed E-state index contributed by atoms with van der Waals surface area (Å²) in [5.74, 6) is 3.44. The third kappa shape index (κ3) is 10.3. The average molecular weight is 274 g/mol. The zero-order valence-corrected chi connectivity index (χ0v) is 14.2. The van der Waals surface area contributed by atoms with Gasteiger partial charge in [0.1, 0.15) is 0 Å². The summed E-state index contributed by atoms with van der Waals surface area (Å²) in [5.41, 5.74) is 0. The summed E-state index contributed by atoms with van der Waals surface area (Å²) in [6.45, 7) is 15.3. The Balaban J connectivity index is 4.16. The molecule has 0 radical (unpaired) electrons. The fraction of sp³-hybridized carbons (Fsp3) is 1.00. The zero-order valence-electron chi connectivity index (χ0n) is 13.3. The fourth-order valence-corrected chi connectivity index (χ4v) is 2.49. The first-order valence-corrected chi connectivity index (χ1v) is 8.46. The second-order valence-corrected chi connectivity index (χ2v) is 6.87. The maximum atomic E-state index is 4.52. The quantitative estimate of drug-likeness (QED) is 0.533. The van der Waals surface area contributed by atoms with Crippen LogP contribution < -0.4 is 0 Å². The molecule has 0 aliphatic heterocycles. The maximum Gasteiger partial charge on any atom is 0.00175 e. The van der Waals surface area contributed by atoms with Gasteiger partial charge in [-0.15, -0.1) is 0 Å². The molecule has 1 nitrogen and oxygen atoms in total. The van der Waals surface area contributed by atoms with Gasteiger partial charge >= 0.3 is 0 Å². The molecule has 0 aromatic heterocycles. The average Bonchev–Trinajstić information content (AvgIpc) is 2.31. The molecule has 2 heteroatoms. The molecule has 0 bridgehead atoms. The molecule has 0 saturated carbocycles. The monoisotopic (exact) mass is 273 g/mol. The molecule has 0 aliphatic rings. The van der Waals surface area contributed by atoms with E-state index in [4.69, 9.17) is 0 Å². The molecule has 0 fully saturated rings. The van der Waals surface area contributed by atoms with Crippen molar-refractivity contribution in [3.8, 4) is 0 Å². The molecule has 18 heavy (non-hydrogen) atoms. The van der Waals surface area contributed by atoms with Crippen LogP contribution in [0, 0.1) is 17.8 Å². The van der Waals surface area contributed by atoms with Crippen LogP contribution in [-0.4, -0.2) is 30.3 Å². The minimum atomic E-state index is 0.776. The van der Waals surface area contributed by atoms with Gasteiger partial charge in [0.05, 0.1) is 0 Å². The number of hydrogen-bond acceptors (Lipinski definition) is 2. The fourth-order valence-electron chi connectivity index (χ4n) is 2.19. The Kier molecular flexibility index (Phi) is 11.4. The van der Waals surface area contributed by atoms with Gasteiger partial charge in [-0.05, 0) is 55.9 Å². The van der Waals surface area contributed by atoms with Crippen LogP contribution in [0.25, 0.3) is 0 Å². The molecule has 0 saturated heterocycles. The molecule has 0 spiro atoms. The third-order valence-corrected chi connectivity index (χ3v) is 4.03. The topological polar surface area (TPSA) is 3.24 Å². The van der Waals surface area contributed by atoms with Crippen LogP contribution in [0.2, 0.25) is 0 Å². The Morgan fingerprint density at radius 1 is 0.889 bits per heavy atom. The van der Waals surface area contributed by atoms with Crippen LogP contribution in [0.5, 0.6) is 0 Å². The Hall–Kier alpha value is 0.310. The van der Waals surface area contributed by atoms with E-state index < -0.39 is 0 Å². The molecular weight excluding hydrogens is 238 g/mol. The molecular formula is C16H35NS. The molecule has 1 atom stereocenters. The number of nitrogens with zero attached hydrogens (tertiary/aromatic N) is 1. The molecule has 0 rings (SSSR count). The highest BCUT2D eigenvalue weighted by atomic mass is 32.1. The van der Waals surface area contributed by atoms with Crippen LogP contribution in [0.15, 0.2) is 0 Å². The first-order valence-electron chi connectivity index (χ1n) is 7.82. The first-order chi connectivity index (χ1) is 8.49. The molecule has 0 heterocycles. The van der Waals surface area contributed by atoms with E-state index >= 15 is 0 Å². The number of rotatable bonds is 11. The summed E-state index contributed by atoms with van der Waals surface area (Å²) < 4.78 is 0. The summed E-state index contributed by atoms with van der Waals surface area (Å²) in [4.78, 5) is 2.68. The van der Waals surface area contributed by atoms with Crippen molar-refractivity contribution in [3.05, 3.63) is 0 Å². The van der Waals surface area contributed by atoms with Crippen LogP contribution in [-0.2, 0) is 0 Å². The molecule has 0 aromatic rings. The van der Waals surface area contributed by atoms with Gasteiger partial charge in [-0.1, -0.05) is 41.0 Å². The van der Waals surface area contributed by atoms with Crippen LogP contribution >= 0.6 is 12.6 Å². The van der Waals surface area contributed by atoms with E-state index in [1.165, 1.54) is 45.3 Å². The van der Waals surface area contributed by atoms with Gasteiger partial charge in [0.25, 0.3) is 0 Å². The Bertz CT molecular complexity index is 168. The molecule has 0 aromatic carbocycles. The van der Waals surface area contributed by atoms with Crippen molar-refractivity contribution in [1.29, 1.82) is 0 Å². The summed E-state index contributed by atoms with van der Waals surface area (Å²) in [6, 6.07) is 0. The van der Waals surface area contributed by atoms with Gasteiger partial charge in [0.15, 0.2) is 0 Å². The zero-order chi connectivity index (χ0) is 14.0. The summed E-state index contributed by atoms with van der Waals surface area (Å²) in [6.07, 6.45) is 5.25. The van der Waals surface area contributed by atoms with Crippen molar-refractivity contribution in [3.63, 3.8) is 0 Å². The lowest BCUT2D eigenvalue weighted by Crippen LogP contribution is -2.33. The number of thiol groups is 1. The lowest BCUT2D eigenvalue weighted by molar-refractivity contribution is 0.211. The highest BCUT2D eigenvalue weighted by molar-refractivity contribution is 7.80. The first kappa shape index (κ1) is 18.3. The summed E-state index contributed by atoms with van der Waals surface area (Å²) in [5, 5.41) is 0. The van der Waals surface area contributed by atoms with Crippen molar-refractivity contribution in [2.45, 2.75) is 60.3 Å². The maximum absolute atomic E-state index is 4.52. The summed E-state index contributed by atoms with van der Waals surface area (Å²) >= 11 is 4.52. The van der Waals surface area contributed by atoms with Gasteiger partial charge < -0.3 is 4.90 Å². The van der Waals surface area contributed by atoms with Gasteiger partial charge in [0.2, 0.25) is 0 Å².